The third kappa shape index (κ3) is 2.77. The Kier molecular flexibility index (Phi) is 3.82. The summed E-state index contributed by atoms with van der Waals surface area (Å²) in [4.78, 5) is 0. The van der Waals surface area contributed by atoms with Crippen molar-refractivity contribution in [1.82, 2.24) is 4.72 Å². The SMILES string of the molecule is NC(=NO)C1(NS(=O)(=O)C2CC2)CCCCCC1. The summed E-state index contributed by atoms with van der Waals surface area (Å²) in [6.07, 6.45) is 6.54. The van der Waals surface area contributed by atoms with Gasteiger partial charge in [0.1, 0.15) is 0 Å². The summed E-state index contributed by atoms with van der Waals surface area (Å²) in [5.41, 5.74) is 4.87. The number of oxime groups is 1. The number of nitrogens with one attached hydrogen (secondary N) is 1. The topological polar surface area (TPSA) is 105 Å². The Balaban J connectivity index is 2.23. The summed E-state index contributed by atoms with van der Waals surface area (Å²) in [5.74, 6) is -0.00590. The molecule has 2 saturated carbocycles. The molecule has 2 aliphatic rings. The number of rotatable bonds is 4. The van der Waals surface area contributed by atoms with Gasteiger partial charge in [-0.15, -0.1) is 0 Å². The first-order valence-electron chi connectivity index (χ1n) is 6.51. The normalized spacial score (nSPS) is 25.7. The molecule has 0 spiro atoms. The Labute approximate surface area is 108 Å². The highest BCUT2D eigenvalue weighted by molar-refractivity contribution is 7.90. The van der Waals surface area contributed by atoms with Gasteiger partial charge in [0, 0.05) is 0 Å². The van der Waals surface area contributed by atoms with Gasteiger partial charge in [-0.25, -0.2) is 13.1 Å². The van der Waals surface area contributed by atoms with E-state index in [0.717, 1.165) is 25.7 Å². The lowest BCUT2D eigenvalue weighted by atomic mass is 9.90. The lowest BCUT2D eigenvalue weighted by Crippen LogP contribution is -2.57. The monoisotopic (exact) mass is 275 g/mol. The molecule has 0 radical (unpaired) electrons. The fourth-order valence-corrected chi connectivity index (χ4v) is 4.35. The van der Waals surface area contributed by atoms with E-state index in [1.54, 1.807) is 0 Å². The molecular formula is C11H21N3O3S. The van der Waals surface area contributed by atoms with Gasteiger partial charge in [0.15, 0.2) is 5.84 Å². The molecule has 104 valence electrons. The molecule has 0 atom stereocenters. The number of hydrogen-bond acceptors (Lipinski definition) is 4. The van der Waals surface area contributed by atoms with Crippen LogP contribution in [0, 0.1) is 0 Å². The molecule has 0 aromatic rings. The fourth-order valence-electron chi connectivity index (χ4n) is 2.57. The molecule has 2 rings (SSSR count). The van der Waals surface area contributed by atoms with Gasteiger partial charge in [-0.2, -0.15) is 0 Å². The Morgan fingerprint density at radius 1 is 1.22 bits per heavy atom. The molecule has 2 aliphatic carbocycles. The molecule has 2 fully saturated rings. The third-order valence-electron chi connectivity index (χ3n) is 3.86. The Hall–Kier alpha value is -0.820. The molecule has 6 nitrogen and oxygen atoms in total. The van der Waals surface area contributed by atoms with E-state index in [4.69, 9.17) is 10.9 Å². The van der Waals surface area contributed by atoms with Crippen LogP contribution in [0.25, 0.3) is 0 Å². The number of nitrogens with two attached hydrogens (primary N) is 1. The Morgan fingerprint density at radius 3 is 2.22 bits per heavy atom. The largest absolute Gasteiger partial charge is 0.409 e. The van der Waals surface area contributed by atoms with Crippen molar-refractivity contribution < 1.29 is 13.6 Å². The van der Waals surface area contributed by atoms with E-state index in [2.05, 4.69) is 9.88 Å². The second-order valence-corrected chi connectivity index (χ2v) is 7.29. The molecule has 7 heteroatoms. The van der Waals surface area contributed by atoms with Crippen LogP contribution in [0.15, 0.2) is 5.16 Å². The Morgan fingerprint density at radius 2 is 1.78 bits per heavy atom. The second kappa shape index (κ2) is 5.05. The van der Waals surface area contributed by atoms with Gasteiger partial charge in [-0.1, -0.05) is 30.8 Å². The molecule has 0 heterocycles. The molecular weight excluding hydrogens is 254 g/mol. The zero-order valence-corrected chi connectivity index (χ0v) is 11.2. The summed E-state index contributed by atoms with van der Waals surface area (Å²) >= 11 is 0. The minimum Gasteiger partial charge on any atom is -0.409 e. The highest BCUT2D eigenvalue weighted by atomic mass is 32.2. The van der Waals surface area contributed by atoms with E-state index in [1.807, 2.05) is 0 Å². The van der Waals surface area contributed by atoms with E-state index < -0.39 is 15.6 Å². The van der Waals surface area contributed by atoms with Crippen LogP contribution in [0.4, 0.5) is 0 Å². The zero-order chi connectivity index (χ0) is 13.2. The molecule has 0 bridgehead atoms. The summed E-state index contributed by atoms with van der Waals surface area (Å²) in [7, 11) is -3.34. The quantitative estimate of drug-likeness (QED) is 0.233. The van der Waals surface area contributed by atoms with Gasteiger partial charge in [0.25, 0.3) is 0 Å². The van der Waals surface area contributed by atoms with E-state index in [-0.39, 0.29) is 11.1 Å². The fraction of sp³-hybridized carbons (Fsp3) is 0.909. The van der Waals surface area contributed by atoms with Crippen LogP contribution in [0.2, 0.25) is 0 Å². The predicted octanol–water partition coefficient (Wildman–Crippen LogP) is 0.908. The van der Waals surface area contributed by atoms with Crippen LogP contribution in [-0.2, 0) is 10.0 Å². The average molecular weight is 275 g/mol. The first-order chi connectivity index (χ1) is 8.50. The van der Waals surface area contributed by atoms with Crippen LogP contribution in [0.5, 0.6) is 0 Å². The van der Waals surface area contributed by atoms with E-state index in [1.165, 1.54) is 0 Å². The zero-order valence-electron chi connectivity index (χ0n) is 10.4. The molecule has 0 saturated heterocycles. The van der Waals surface area contributed by atoms with Gasteiger partial charge < -0.3 is 10.9 Å². The van der Waals surface area contributed by atoms with Crippen molar-refractivity contribution in [3.05, 3.63) is 0 Å². The number of nitrogens with zero attached hydrogens (tertiary/aromatic N) is 1. The average Bonchev–Trinajstić information content (AvgIpc) is 3.14. The summed E-state index contributed by atoms with van der Waals surface area (Å²) < 4.78 is 26.9. The maximum atomic E-state index is 12.1. The minimum atomic E-state index is -3.34. The first kappa shape index (κ1) is 13.6. The maximum absolute atomic E-state index is 12.1. The highest BCUT2D eigenvalue weighted by Crippen LogP contribution is 2.33. The Bertz CT molecular complexity index is 421. The van der Waals surface area contributed by atoms with Crippen molar-refractivity contribution in [1.29, 1.82) is 0 Å². The van der Waals surface area contributed by atoms with Crippen molar-refractivity contribution in [3.8, 4) is 0 Å². The van der Waals surface area contributed by atoms with Crippen molar-refractivity contribution in [3.63, 3.8) is 0 Å². The maximum Gasteiger partial charge on any atom is 0.215 e. The van der Waals surface area contributed by atoms with Crippen LogP contribution in [-0.4, -0.2) is 30.2 Å². The molecule has 0 aromatic heterocycles. The van der Waals surface area contributed by atoms with Gasteiger partial charge in [0.05, 0.1) is 10.8 Å². The van der Waals surface area contributed by atoms with Gasteiger partial charge in [-0.3, -0.25) is 0 Å². The number of amidine groups is 1. The van der Waals surface area contributed by atoms with E-state index in [0.29, 0.717) is 25.7 Å². The van der Waals surface area contributed by atoms with Crippen molar-refractivity contribution in [2.24, 2.45) is 10.9 Å². The van der Waals surface area contributed by atoms with Gasteiger partial charge in [0.2, 0.25) is 10.0 Å². The van der Waals surface area contributed by atoms with E-state index >= 15 is 0 Å². The van der Waals surface area contributed by atoms with Crippen LogP contribution in [0.3, 0.4) is 0 Å². The number of hydrogen-bond donors (Lipinski definition) is 3. The van der Waals surface area contributed by atoms with Gasteiger partial charge in [-0.05, 0) is 25.7 Å². The van der Waals surface area contributed by atoms with Crippen molar-refractivity contribution >= 4 is 15.9 Å². The molecule has 0 amide bonds. The van der Waals surface area contributed by atoms with Crippen LogP contribution in [0.1, 0.15) is 51.4 Å². The third-order valence-corrected chi connectivity index (χ3v) is 5.88. The standard InChI is InChI=1S/C11H21N3O3S/c12-10(13-15)11(7-3-1-2-4-8-11)14-18(16,17)9-5-6-9/h9,14-15H,1-8H2,(H2,12,13). The smallest absolute Gasteiger partial charge is 0.215 e. The summed E-state index contributed by atoms with van der Waals surface area (Å²) in [6.45, 7) is 0. The number of sulfonamides is 1. The van der Waals surface area contributed by atoms with E-state index in [9.17, 15) is 8.42 Å². The van der Waals surface area contributed by atoms with Crippen LogP contribution < -0.4 is 10.5 Å². The highest BCUT2D eigenvalue weighted by Gasteiger charge is 2.44. The minimum absolute atomic E-state index is 0.00590. The first-order valence-corrected chi connectivity index (χ1v) is 8.06. The van der Waals surface area contributed by atoms with Crippen LogP contribution >= 0.6 is 0 Å². The molecule has 0 aromatic carbocycles. The lowest BCUT2D eigenvalue weighted by Gasteiger charge is -2.32. The second-order valence-electron chi connectivity index (χ2n) is 5.33. The van der Waals surface area contributed by atoms with Crippen molar-refractivity contribution in [2.45, 2.75) is 62.2 Å². The summed E-state index contributed by atoms with van der Waals surface area (Å²) in [6, 6.07) is 0. The molecule has 0 unspecified atom stereocenters. The van der Waals surface area contributed by atoms with Gasteiger partial charge >= 0.3 is 0 Å². The molecule has 18 heavy (non-hydrogen) atoms. The molecule has 4 N–H and O–H groups in total. The summed E-state index contributed by atoms with van der Waals surface area (Å²) in [5, 5.41) is 11.7. The lowest BCUT2D eigenvalue weighted by molar-refractivity contribution is 0.306. The molecule has 0 aliphatic heterocycles. The van der Waals surface area contributed by atoms with Crippen molar-refractivity contribution in [2.75, 3.05) is 0 Å². The predicted molar refractivity (Wildman–Crippen MR) is 68.9 cm³/mol.